The number of esters is 1. The van der Waals surface area contributed by atoms with E-state index in [4.69, 9.17) is 4.74 Å². The SMILES string of the molecule is COC(=O)C1(CN(C)CCC2CCN(C)C2)CC1. The highest BCUT2D eigenvalue weighted by Crippen LogP contribution is 2.47. The molecule has 0 radical (unpaired) electrons. The molecule has 0 aromatic carbocycles. The Labute approximate surface area is 110 Å². The number of carbonyl (C=O) groups is 1. The lowest BCUT2D eigenvalue weighted by molar-refractivity contribution is -0.147. The van der Waals surface area contributed by atoms with Gasteiger partial charge in [0.05, 0.1) is 12.5 Å². The zero-order valence-electron chi connectivity index (χ0n) is 11.9. The van der Waals surface area contributed by atoms with E-state index in [0.717, 1.165) is 31.8 Å². The van der Waals surface area contributed by atoms with E-state index in [9.17, 15) is 4.79 Å². The molecule has 2 rings (SSSR count). The smallest absolute Gasteiger partial charge is 0.313 e. The number of rotatable bonds is 6. The third-order valence-corrected chi connectivity index (χ3v) is 4.45. The summed E-state index contributed by atoms with van der Waals surface area (Å²) in [6, 6.07) is 0. The fourth-order valence-corrected chi connectivity index (χ4v) is 3.05. The van der Waals surface area contributed by atoms with Gasteiger partial charge in [-0.15, -0.1) is 0 Å². The van der Waals surface area contributed by atoms with E-state index in [2.05, 4.69) is 23.9 Å². The number of ether oxygens (including phenoxy) is 1. The largest absolute Gasteiger partial charge is 0.469 e. The summed E-state index contributed by atoms with van der Waals surface area (Å²) in [4.78, 5) is 16.4. The van der Waals surface area contributed by atoms with Crippen LogP contribution < -0.4 is 0 Å². The number of nitrogens with zero attached hydrogens (tertiary/aromatic N) is 2. The van der Waals surface area contributed by atoms with E-state index >= 15 is 0 Å². The van der Waals surface area contributed by atoms with Gasteiger partial charge in [-0.1, -0.05) is 0 Å². The molecule has 0 bridgehead atoms. The number of hydrogen-bond donors (Lipinski definition) is 0. The van der Waals surface area contributed by atoms with Crippen molar-refractivity contribution in [3.63, 3.8) is 0 Å². The van der Waals surface area contributed by atoms with Crippen molar-refractivity contribution >= 4 is 5.97 Å². The molecule has 0 aromatic rings. The number of likely N-dealkylation sites (tertiary alicyclic amines) is 1. The molecule has 4 heteroatoms. The van der Waals surface area contributed by atoms with Gasteiger partial charge in [-0.05, 0) is 58.8 Å². The van der Waals surface area contributed by atoms with Crippen molar-refractivity contribution in [3.05, 3.63) is 0 Å². The molecule has 4 nitrogen and oxygen atoms in total. The fraction of sp³-hybridized carbons (Fsp3) is 0.929. The Bertz CT molecular complexity index is 302. The van der Waals surface area contributed by atoms with Crippen LogP contribution in [0.5, 0.6) is 0 Å². The molecular formula is C14H26N2O2. The topological polar surface area (TPSA) is 32.8 Å². The summed E-state index contributed by atoms with van der Waals surface area (Å²) in [5.41, 5.74) is -0.171. The quantitative estimate of drug-likeness (QED) is 0.667. The summed E-state index contributed by atoms with van der Waals surface area (Å²) in [6.07, 6.45) is 4.57. The summed E-state index contributed by atoms with van der Waals surface area (Å²) in [5.74, 6) is 0.820. The lowest BCUT2D eigenvalue weighted by Gasteiger charge is -2.23. The third-order valence-electron chi connectivity index (χ3n) is 4.45. The van der Waals surface area contributed by atoms with Gasteiger partial charge in [0.1, 0.15) is 0 Å². The molecule has 0 N–H and O–H groups in total. The number of hydrogen-bond acceptors (Lipinski definition) is 4. The molecule has 1 aliphatic carbocycles. The van der Waals surface area contributed by atoms with Crippen LogP contribution in [0, 0.1) is 11.3 Å². The van der Waals surface area contributed by atoms with E-state index in [-0.39, 0.29) is 11.4 Å². The Morgan fingerprint density at radius 2 is 2.22 bits per heavy atom. The average Bonchev–Trinajstić information content (AvgIpc) is 3.01. The Kier molecular flexibility index (Phi) is 4.28. The monoisotopic (exact) mass is 254 g/mol. The molecule has 0 aromatic heterocycles. The van der Waals surface area contributed by atoms with Gasteiger partial charge in [-0.25, -0.2) is 0 Å². The zero-order valence-corrected chi connectivity index (χ0v) is 11.9. The van der Waals surface area contributed by atoms with Crippen molar-refractivity contribution in [1.82, 2.24) is 9.80 Å². The predicted molar refractivity (Wildman–Crippen MR) is 71.4 cm³/mol. The first-order valence-corrected chi connectivity index (χ1v) is 7.01. The first-order chi connectivity index (χ1) is 8.55. The highest BCUT2D eigenvalue weighted by Gasteiger charge is 2.51. The maximum absolute atomic E-state index is 11.7. The first kappa shape index (κ1) is 13.8. The highest BCUT2D eigenvalue weighted by molar-refractivity contribution is 5.80. The van der Waals surface area contributed by atoms with Gasteiger partial charge in [-0.3, -0.25) is 4.79 Å². The average molecular weight is 254 g/mol. The van der Waals surface area contributed by atoms with Crippen molar-refractivity contribution in [3.8, 4) is 0 Å². The molecule has 2 aliphatic rings. The fourth-order valence-electron chi connectivity index (χ4n) is 3.05. The molecule has 2 fully saturated rings. The molecule has 1 unspecified atom stereocenters. The molecule has 0 amide bonds. The minimum absolute atomic E-state index is 0.0186. The lowest BCUT2D eigenvalue weighted by Crippen LogP contribution is -2.34. The lowest BCUT2D eigenvalue weighted by atomic mass is 10.0. The van der Waals surface area contributed by atoms with Crippen LogP contribution in [-0.4, -0.2) is 63.2 Å². The van der Waals surface area contributed by atoms with Gasteiger partial charge < -0.3 is 14.5 Å². The van der Waals surface area contributed by atoms with Crippen LogP contribution in [0.1, 0.15) is 25.7 Å². The first-order valence-electron chi connectivity index (χ1n) is 7.01. The summed E-state index contributed by atoms with van der Waals surface area (Å²) in [7, 11) is 5.82. The van der Waals surface area contributed by atoms with Crippen molar-refractivity contribution in [1.29, 1.82) is 0 Å². The van der Waals surface area contributed by atoms with Crippen LogP contribution in [0.4, 0.5) is 0 Å². The van der Waals surface area contributed by atoms with Gasteiger partial charge in [0.2, 0.25) is 0 Å². The maximum atomic E-state index is 11.7. The Morgan fingerprint density at radius 3 is 2.72 bits per heavy atom. The van der Waals surface area contributed by atoms with E-state index < -0.39 is 0 Å². The molecule has 1 saturated carbocycles. The maximum Gasteiger partial charge on any atom is 0.313 e. The second-order valence-electron chi connectivity index (χ2n) is 6.22. The normalized spacial score (nSPS) is 26.6. The van der Waals surface area contributed by atoms with Crippen LogP contribution >= 0.6 is 0 Å². The molecule has 1 aliphatic heterocycles. The van der Waals surface area contributed by atoms with Crippen molar-refractivity contribution in [2.45, 2.75) is 25.7 Å². The van der Waals surface area contributed by atoms with Gasteiger partial charge in [0, 0.05) is 13.1 Å². The Hall–Kier alpha value is -0.610. The van der Waals surface area contributed by atoms with Crippen LogP contribution in [0.3, 0.4) is 0 Å². The molecule has 1 heterocycles. The van der Waals surface area contributed by atoms with Crippen LogP contribution in [0.15, 0.2) is 0 Å². The van der Waals surface area contributed by atoms with Crippen LogP contribution in [0.25, 0.3) is 0 Å². The number of carbonyl (C=O) groups excluding carboxylic acids is 1. The van der Waals surface area contributed by atoms with Gasteiger partial charge in [-0.2, -0.15) is 0 Å². The van der Waals surface area contributed by atoms with Crippen LogP contribution in [0.2, 0.25) is 0 Å². The molecular weight excluding hydrogens is 228 g/mol. The van der Waals surface area contributed by atoms with E-state index in [1.54, 1.807) is 0 Å². The highest BCUT2D eigenvalue weighted by atomic mass is 16.5. The van der Waals surface area contributed by atoms with Gasteiger partial charge in [0.25, 0.3) is 0 Å². The predicted octanol–water partition coefficient (Wildman–Crippen LogP) is 1.21. The minimum atomic E-state index is -0.171. The van der Waals surface area contributed by atoms with Gasteiger partial charge >= 0.3 is 5.97 Å². The summed E-state index contributed by atoms with van der Waals surface area (Å²) in [5, 5.41) is 0. The summed E-state index contributed by atoms with van der Waals surface area (Å²) < 4.78 is 4.90. The van der Waals surface area contributed by atoms with Crippen LogP contribution in [-0.2, 0) is 9.53 Å². The second kappa shape index (κ2) is 5.57. The zero-order chi connectivity index (χ0) is 13.2. The Morgan fingerprint density at radius 1 is 1.50 bits per heavy atom. The molecule has 104 valence electrons. The Balaban J connectivity index is 1.69. The van der Waals surface area contributed by atoms with E-state index in [1.807, 2.05) is 0 Å². The molecule has 1 atom stereocenters. The van der Waals surface area contributed by atoms with Crippen molar-refractivity contribution < 1.29 is 9.53 Å². The van der Waals surface area contributed by atoms with Gasteiger partial charge in [0.15, 0.2) is 0 Å². The third kappa shape index (κ3) is 3.23. The minimum Gasteiger partial charge on any atom is -0.469 e. The molecule has 18 heavy (non-hydrogen) atoms. The standard InChI is InChI=1S/C14H26N2O2/c1-15-8-4-12(10-15)5-9-16(2)11-14(6-7-14)13(17)18-3/h12H,4-11H2,1-3H3. The second-order valence-corrected chi connectivity index (χ2v) is 6.22. The van der Waals surface area contributed by atoms with E-state index in [0.29, 0.717) is 0 Å². The van der Waals surface area contributed by atoms with Crippen molar-refractivity contribution in [2.24, 2.45) is 11.3 Å². The molecule has 1 saturated heterocycles. The van der Waals surface area contributed by atoms with Crippen molar-refractivity contribution in [2.75, 3.05) is 47.4 Å². The summed E-state index contributed by atoms with van der Waals surface area (Å²) in [6.45, 7) is 4.43. The molecule has 0 spiro atoms. The summed E-state index contributed by atoms with van der Waals surface area (Å²) >= 11 is 0. The number of methoxy groups -OCH3 is 1. The van der Waals surface area contributed by atoms with E-state index in [1.165, 1.54) is 33.0 Å².